The van der Waals surface area contributed by atoms with E-state index in [2.05, 4.69) is 0 Å². The third kappa shape index (κ3) is 1.55. The molecule has 1 nitrogen and oxygen atoms in total. The van der Waals surface area contributed by atoms with Crippen LogP contribution in [0.2, 0.25) is 0 Å². The Kier molecular flexibility index (Phi) is 2.29. The van der Waals surface area contributed by atoms with Gasteiger partial charge in [-0.15, -0.1) is 0 Å². The second-order valence-electron chi connectivity index (χ2n) is 2.26. The summed E-state index contributed by atoms with van der Waals surface area (Å²) in [5, 5.41) is 0.733. The summed E-state index contributed by atoms with van der Waals surface area (Å²) >= 11 is 5.71. The van der Waals surface area contributed by atoms with Gasteiger partial charge in [-0.2, -0.15) is 0 Å². The van der Waals surface area contributed by atoms with Crippen molar-refractivity contribution in [2.24, 2.45) is 5.92 Å². The van der Waals surface area contributed by atoms with Crippen LogP contribution >= 0.6 is 11.6 Å². The average Bonchev–Trinajstić information content (AvgIpc) is 1.89. The number of carbonyl (C=O) groups excluding carboxylic acids is 1. The summed E-state index contributed by atoms with van der Waals surface area (Å²) < 4.78 is 0. The van der Waals surface area contributed by atoms with E-state index < -0.39 is 0 Å². The van der Waals surface area contributed by atoms with E-state index in [4.69, 9.17) is 11.6 Å². The van der Waals surface area contributed by atoms with E-state index >= 15 is 0 Å². The Bertz CT molecular complexity index is 140. The van der Waals surface area contributed by atoms with Gasteiger partial charge in [-0.25, -0.2) is 0 Å². The first-order chi connectivity index (χ1) is 4.34. The van der Waals surface area contributed by atoms with Gasteiger partial charge in [-0.3, -0.25) is 0 Å². The largest absolute Gasteiger partial charge is 0.303 e. The second-order valence-corrected chi connectivity index (χ2v) is 2.70. The summed E-state index contributed by atoms with van der Waals surface area (Å²) in [5.41, 5.74) is 0. The highest BCUT2D eigenvalue weighted by Gasteiger charge is 2.13. The molecule has 2 heteroatoms. The number of halogens is 1. The molecule has 0 aromatic carbocycles. The maximum absolute atomic E-state index is 10.2. The lowest BCUT2D eigenvalue weighted by Crippen LogP contribution is -2.05. The van der Waals surface area contributed by atoms with E-state index in [1.165, 1.54) is 0 Å². The highest BCUT2D eigenvalue weighted by Crippen LogP contribution is 2.25. The molecule has 0 amide bonds. The molecule has 0 radical (unpaired) electrons. The lowest BCUT2D eigenvalue weighted by Gasteiger charge is -2.12. The van der Waals surface area contributed by atoms with Gasteiger partial charge in [0.05, 0.1) is 5.92 Å². The number of rotatable bonds is 1. The molecule has 0 aliphatic heterocycles. The molecule has 0 heterocycles. The van der Waals surface area contributed by atoms with Crippen LogP contribution in [0.25, 0.3) is 0 Å². The predicted molar refractivity (Wildman–Crippen MR) is 37.3 cm³/mol. The fraction of sp³-hybridized carbons (Fsp3) is 0.571. The number of carbonyl (C=O) groups is 1. The lowest BCUT2D eigenvalue weighted by atomic mass is 9.97. The normalized spacial score (nSPS) is 27.2. The maximum Gasteiger partial charge on any atom is 0.128 e. The monoisotopic (exact) mass is 144 g/mol. The number of hydrogen-bond donors (Lipinski definition) is 0. The van der Waals surface area contributed by atoms with Crippen LogP contribution in [0, 0.1) is 5.92 Å². The van der Waals surface area contributed by atoms with Crippen molar-refractivity contribution in [1.29, 1.82) is 0 Å². The second kappa shape index (κ2) is 3.02. The Balaban J connectivity index is 2.60. The molecule has 0 N–H and O–H groups in total. The topological polar surface area (TPSA) is 17.1 Å². The van der Waals surface area contributed by atoms with E-state index in [1.807, 2.05) is 6.08 Å². The minimum absolute atomic E-state index is 0.000386. The molecule has 0 spiro atoms. The molecule has 0 fully saturated rings. The summed E-state index contributed by atoms with van der Waals surface area (Å²) in [6.07, 6.45) is 5.92. The van der Waals surface area contributed by atoms with Gasteiger partial charge in [-0.05, 0) is 19.3 Å². The van der Waals surface area contributed by atoms with Crippen molar-refractivity contribution in [2.75, 3.05) is 0 Å². The van der Waals surface area contributed by atoms with E-state index in [0.717, 1.165) is 30.6 Å². The summed E-state index contributed by atoms with van der Waals surface area (Å²) in [6.45, 7) is 0. The van der Waals surface area contributed by atoms with E-state index in [0.29, 0.717) is 0 Å². The molecular formula is C7H9ClO. The van der Waals surface area contributed by atoms with Crippen molar-refractivity contribution >= 4 is 17.9 Å². The standard InChI is InChI=1S/C7H9ClO/c8-7-4-2-1-3-6(7)5-9/h4-6H,1-3H2. The number of hydrogen-bond acceptors (Lipinski definition) is 1. The molecule has 9 heavy (non-hydrogen) atoms. The Morgan fingerprint density at radius 3 is 3.00 bits per heavy atom. The van der Waals surface area contributed by atoms with Crippen LogP contribution in [-0.4, -0.2) is 6.29 Å². The summed E-state index contributed by atoms with van der Waals surface area (Å²) in [4.78, 5) is 10.2. The van der Waals surface area contributed by atoms with Gasteiger partial charge >= 0.3 is 0 Å². The van der Waals surface area contributed by atoms with Crippen molar-refractivity contribution in [3.8, 4) is 0 Å². The molecule has 1 aliphatic carbocycles. The zero-order valence-electron chi connectivity index (χ0n) is 5.14. The third-order valence-corrected chi connectivity index (χ3v) is 2.01. The van der Waals surface area contributed by atoms with Crippen LogP contribution in [0.1, 0.15) is 19.3 Å². The van der Waals surface area contributed by atoms with Crippen LogP contribution in [-0.2, 0) is 4.79 Å². The van der Waals surface area contributed by atoms with E-state index in [1.54, 1.807) is 0 Å². The Morgan fingerprint density at radius 1 is 1.78 bits per heavy atom. The lowest BCUT2D eigenvalue weighted by molar-refractivity contribution is -0.110. The van der Waals surface area contributed by atoms with Crippen LogP contribution in [0.3, 0.4) is 0 Å². The Morgan fingerprint density at radius 2 is 2.56 bits per heavy atom. The quantitative estimate of drug-likeness (QED) is 0.516. The fourth-order valence-corrected chi connectivity index (χ4v) is 1.27. The SMILES string of the molecule is O=CC1CCCC=C1Cl. The zero-order chi connectivity index (χ0) is 6.69. The highest BCUT2D eigenvalue weighted by molar-refractivity contribution is 6.30. The molecule has 0 saturated heterocycles. The highest BCUT2D eigenvalue weighted by atomic mass is 35.5. The Labute approximate surface area is 59.7 Å². The summed E-state index contributed by atoms with van der Waals surface area (Å²) in [7, 11) is 0. The van der Waals surface area contributed by atoms with Gasteiger partial charge in [0.2, 0.25) is 0 Å². The minimum atomic E-state index is 0.000386. The van der Waals surface area contributed by atoms with Gasteiger partial charge in [0, 0.05) is 5.03 Å². The van der Waals surface area contributed by atoms with Crippen molar-refractivity contribution in [3.05, 3.63) is 11.1 Å². The van der Waals surface area contributed by atoms with Crippen LogP contribution in [0.15, 0.2) is 11.1 Å². The van der Waals surface area contributed by atoms with Gasteiger partial charge in [0.15, 0.2) is 0 Å². The van der Waals surface area contributed by atoms with Gasteiger partial charge < -0.3 is 4.79 Å². The van der Waals surface area contributed by atoms with Gasteiger partial charge in [-0.1, -0.05) is 17.7 Å². The van der Waals surface area contributed by atoms with Crippen molar-refractivity contribution < 1.29 is 4.79 Å². The molecule has 1 unspecified atom stereocenters. The molecule has 0 saturated carbocycles. The molecule has 1 aliphatic rings. The van der Waals surface area contributed by atoms with E-state index in [9.17, 15) is 4.79 Å². The molecule has 0 aromatic rings. The van der Waals surface area contributed by atoms with Crippen LogP contribution in [0.4, 0.5) is 0 Å². The number of allylic oxidation sites excluding steroid dienone is 2. The average molecular weight is 145 g/mol. The first kappa shape index (κ1) is 6.81. The number of aldehydes is 1. The summed E-state index contributed by atoms with van der Waals surface area (Å²) in [5.74, 6) is 0.000386. The van der Waals surface area contributed by atoms with E-state index in [-0.39, 0.29) is 5.92 Å². The van der Waals surface area contributed by atoms with Crippen LogP contribution in [0.5, 0.6) is 0 Å². The van der Waals surface area contributed by atoms with Gasteiger partial charge in [0.1, 0.15) is 6.29 Å². The fourth-order valence-electron chi connectivity index (χ4n) is 1.00. The van der Waals surface area contributed by atoms with Crippen molar-refractivity contribution in [1.82, 2.24) is 0 Å². The molecule has 0 bridgehead atoms. The Hall–Kier alpha value is -0.300. The zero-order valence-corrected chi connectivity index (χ0v) is 5.90. The minimum Gasteiger partial charge on any atom is -0.303 e. The maximum atomic E-state index is 10.2. The van der Waals surface area contributed by atoms with Gasteiger partial charge in [0.25, 0.3) is 0 Å². The third-order valence-electron chi connectivity index (χ3n) is 1.58. The molecule has 1 atom stereocenters. The van der Waals surface area contributed by atoms with Crippen molar-refractivity contribution in [2.45, 2.75) is 19.3 Å². The molecule has 0 aromatic heterocycles. The van der Waals surface area contributed by atoms with Crippen LogP contribution < -0.4 is 0 Å². The molecular weight excluding hydrogens is 136 g/mol. The molecule has 1 rings (SSSR count). The first-order valence-corrected chi connectivity index (χ1v) is 3.53. The smallest absolute Gasteiger partial charge is 0.128 e. The summed E-state index contributed by atoms with van der Waals surface area (Å²) in [6, 6.07) is 0. The molecule has 50 valence electrons. The first-order valence-electron chi connectivity index (χ1n) is 3.15. The predicted octanol–water partition coefficient (Wildman–Crippen LogP) is 2.11. The van der Waals surface area contributed by atoms with Crippen molar-refractivity contribution in [3.63, 3.8) is 0 Å².